The van der Waals surface area contributed by atoms with Crippen LogP contribution in [0.3, 0.4) is 0 Å². The van der Waals surface area contributed by atoms with Crippen molar-refractivity contribution >= 4 is 18.3 Å². The van der Waals surface area contributed by atoms with Crippen LogP contribution in [0, 0.1) is 0 Å². The van der Waals surface area contributed by atoms with E-state index in [1.54, 1.807) is 0 Å². The first-order chi connectivity index (χ1) is 7.75. The minimum Gasteiger partial charge on any atom is -0.378 e. The Morgan fingerprint density at radius 3 is 2.94 bits per heavy atom. The number of carbonyl (C=O) groups excluding carboxylic acids is 1. The predicted octanol–water partition coefficient (Wildman–Crippen LogP) is 1.19. The van der Waals surface area contributed by atoms with Gasteiger partial charge >= 0.3 is 0 Å². The molecule has 17 heavy (non-hydrogen) atoms. The number of amides is 1. The minimum atomic E-state index is 0. The highest BCUT2D eigenvalue weighted by atomic mass is 35.5. The number of halogens is 1. The van der Waals surface area contributed by atoms with Gasteiger partial charge in [-0.15, -0.1) is 12.4 Å². The Morgan fingerprint density at radius 1 is 1.47 bits per heavy atom. The Bertz CT molecular complexity index is 245. The number of piperazine rings is 1. The number of rotatable bonds is 2. The standard InChI is InChI=1S/C12H22N2O2.ClH/c1-10-9-14(6-5-13-10)12(15)8-11-4-2-3-7-16-11;/h10-11,13H,2-9H2,1H3;1H. The van der Waals surface area contributed by atoms with Crippen molar-refractivity contribution in [2.75, 3.05) is 26.2 Å². The van der Waals surface area contributed by atoms with Crippen molar-refractivity contribution in [3.8, 4) is 0 Å². The number of ether oxygens (including phenoxy) is 1. The highest BCUT2D eigenvalue weighted by Crippen LogP contribution is 2.17. The first-order valence-corrected chi connectivity index (χ1v) is 6.38. The van der Waals surface area contributed by atoms with E-state index in [0.717, 1.165) is 39.1 Å². The van der Waals surface area contributed by atoms with Crippen LogP contribution >= 0.6 is 12.4 Å². The zero-order chi connectivity index (χ0) is 11.4. The number of carbonyl (C=O) groups is 1. The summed E-state index contributed by atoms with van der Waals surface area (Å²) in [5.74, 6) is 0.264. The maximum Gasteiger partial charge on any atom is 0.225 e. The van der Waals surface area contributed by atoms with Gasteiger partial charge in [-0.25, -0.2) is 0 Å². The molecule has 2 atom stereocenters. The normalized spacial score (nSPS) is 29.6. The molecule has 1 N–H and O–H groups in total. The van der Waals surface area contributed by atoms with Crippen molar-refractivity contribution in [1.82, 2.24) is 10.2 Å². The van der Waals surface area contributed by atoms with Crippen molar-refractivity contribution in [1.29, 1.82) is 0 Å². The van der Waals surface area contributed by atoms with Gasteiger partial charge in [0, 0.05) is 32.3 Å². The molecule has 5 heteroatoms. The van der Waals surface area contributed by atoms with E-state index in [-0.39, 0.29) is 24.4 Å². The monoisotopic (exact) mass is 262 g/mol. The van der Waals surface area contributed by atoms with Crippen LogP contribution in [0.2, 0.25) is 0 Å². The average molecular weight is 263 g/mol. The molecule has 0 aromatic rings. The molecule has 2 saturated heterocycles. The quantitative estimate of drug-likeness (QED) is 0.813. The van der Waals surface area contributed by atoms with Crippen LogP contribution in [0.1, 0.15) is 32.6 Å². The first-order valence-electron chi connectivity index (χ1n) is 6.38. The zero-order valence-corrected chi connectivity index (χ0v) is 11.3. The number of nitrogens with one attached hydrogen (secondary N) is 1. The van der Waals surface area contributed by atoms with E-state index in [2.05, 4.69) is 12.2 Å². The van der Waals surface area contributed by atoms with Crippen molar-refractivity contribution in [3.05, 3.63) is 0 Å². The topological polar surface area (TPSA) is 41.6 Å². The van der Waals surface area contributed by atoms with E-state index in [0.29, 0.717) is 12.5 Å². The Hall–Kier alpha value is -0.320. The third-order valence-corrected chi connectivity index (χ3v) is 3.40. The van der Waals surface area contributed by atoms with Gasteiger partial charge in [-0.05, 0) is 26.2 Å². The van der Waals surface area contributed by atoms with Crippen LogP contribution in [0.5, 0.6) is 0 Å². The van der Waals surface area contributed by atoms with Crippen LogP contribution in [0.15, 0.2) is 0 Å². The fourth-order valence-electron chi connectivity index (χ4n) is 2.45. The smallest absolute Gasteiger partial charge is 0.225 e. The van der Waals surface area contributed by atoms with E-state index in [4.69, 9.17) is 4.74 Å². The lowest BCUT2D eigenvalue weighted by atomic mass is 10.1. The molecule has 2 aliphatic rings. The predicted molar refractivity (Wildman–Crippen MR) is 69.5 cm³/mol. The Kier molecular flexibility index (Phi) is 6.23. The maximum absolute atomic E-state index is 12.0. The summed E-state index contributed by atoms with van der Waals surface area (Å²) in [6.07, 6.45) is 4.15. The van der Waals surface area contributed by atoms with Gasteiger partial charge in [0.1, 0.15) is 0 Å². The number of hydrogen-bond acceptors (Lipinski definition) is 3. The third-order valence-electron chi connectivity index (χ3n) is 3.40. The molecular weight excluding hydrogens is 240 g/mol. The molecule has 0 aliphatic carbocycles. The second-order valence-corrected chi connectivity index (χ2v) is 4.89. The number of nitrogens with zero attached hydrogens (tertiary/aromatic N) is 1. The largest absolute Gasteiger partial charge is 0.378 e. The molecule has 0 aromatic heterocycles. The third kappa shape index (κ3) is 4.45. The Balaban J connectivity index is 0.00000144. The highest BCUT2D eigenvalue weighted by molar-refractivity contribution is 5.85. The van der Waals surface area contributed by atoms with Gasteiger partial charge in [0.15, 0.2) is 0 Å². The molecule has 0 radical (unpaired) electrons. The summed E-state index contributed by atoms with van der Waals surface area (Å²) in [4.78, 5) is 14.0. The summed E-state index contributed by atoms with van der Waals surface area (Å²) < 4.78 is 5.60. The molecule has 2 heterocycles. The van der Waals surface area contributed by atoms with Gasteiger partial charge in [0.25, 0.3) is 0 Å². The van der Waals surface area contributed by atoms with Crippen molar-refractivity contribution in [3.63, 3.8) is 0 Å². The Morgan fingerprint density at radius 2 is 2.29 bits per heavy atom. The summed E-state index contributed by atoms with van der Waals surface area (Å²) in [6, 6.07) is 0.421. The molecular formula is C12H23ClN2O2. The van der Waals surface area contributed by atoms with Crippen molar-refractivity contribution in [2.45, 2.75) is 44.8 Å². The SMILES string of the molecule is CC1CN(C(=O)CC2CCCCO2)CCN1.Cl. The molecule has 0 saturated carbocycles. The van der Waals surface area contributed by atoms with E-state index in [1.807, 2.05) is 4.90 Å². The molecule has 1 amide bonds. The van der Waals surface area contributed by atoms with Crippen LogP contribution in [-0.4, -0.2) is 49.2 Å². The lowest BCUT2D eigenvalue weighted by Crippen LogP contribution is -2.51. The molecule has 0 bridgehead atoms. The lowest BCUT2D eigenvalue weighted by Gasteiger charge is -2.33. The zero-order valence-electron chi connectivity index (χ0n) is 10.5. The lowest BCUT2D eigenvalue weighted by molar-refractivity contribution is -0.136. The summed E-state index contributed by atoms with van der Waals surface area (Å²) in [5, 5.41) is 3.35. The van der Waals surface area contributed by atoms with Crippen LogP contribution in [0.25, 0.3) is 0 Å². The highest BCUT2D eigenvalue weighted by Gasteiger charge is 2.24. The van der Waals surface area contributed by atoms with Gasteiger partial charge in [0.2, 0.25) is 5.91 Å². The van der Waals surface area contributed by atoms with E-state index >= 15 is 0 Å². The molecule has 2 rings (SSSR count). The van der Waals surface area contributed by atoms with Crippen LogP contribution in [0.4, 0.5) is 0 Å². The molecule has 0 spiro atoms. The molecule has 100 valence electrons. The average Bonchev–Trinajstić information content (AvgIpc) is 2.30. The van der Waals surface area contributed by atoms with Gasteiger partial charge in [-0.2, -0.15) is 0 Å². The summed E-state index contributed by atoms with van der Waals surface area (Å²) in [6.45, 7) is 5.55. The summed E-state index contributed by atoms with van der Waals surface area (Å²) in [5.41, 5.74) is 0. The molecule has 0 aromatic carbocycles. The maximum atomic E-state index is 12.0. The fourth-order valence-corrected chi connectivity index (χ4v) is 2.45. The fraction of sp³-hybridized carbons (Fsp3) is 0.917. The summed E-state index contributed by atoms with van der Waals surface area (Å²) >= 11 is 0. The number of hydrogen-bond donors (Lipinski definition) is 1. The Labute approximate surface area is 109 Å². The van der Waals surface area contributed by atoms with Crippen molar-refractivity contribution in [2.24, 2.45) is 0 Å². The molecule has 2 fully saturated rings. The minimum absolute atomic E-state index is 0. The summed E-state index contributed by atoms with van der Waals surface area (Å²) in [7, 11) is 0. The van der Waals surface area contributed by atoms with E-state index in [1.165, 1.54) is 6.42 Å². The van der Waals surface area contributed by atoms with E-state index < -0.39 is 0 Å². The molecule has 2 unspecified atom stereocenters. The van der Waals surface area contributed by atoms with Gasteiger partial charge < -0.3 is 15.0 Å². The second-order valence-electron chi connectivity index (χ2n) is 4.89. The molecule has 4 nitrogen and oxygen atoms in total. The second kappa shape index (κ2) is 7.19. The molecule has 2 aliphatic heterocycles. The van der Waals surface area contributed by atoms with Gasteiger partial charge in [0.05, 0.1) is 12.5 Å². The first kappa shape index (κ1) is 14.7. The van der Waals surface area contributed by atoms with Crippen molar-refractivity contribution < 1.29 is 9.53 Å². The van der Waals surface area contributed by atoms with Crippen LogP contribution in [-0.2, 0) is 9.53 Å². The van der Waals surface area contributed by atoms with Gasteiger partial charge in [-0.3, -0.25) is 4.79 Å². The van der Waals surface area contributed by atoms with Crippen LogP contribution < -0.4 is 5.32 Å². The van der Waals surface area contributed by atoms with Gasteiger partial charge in [-0.1, -0.05) is 0 Å². The van der Waals surface area contributed by atoms with E-state index in [9.17, 15) is 4.79 Å².